The molecule has 1 amide bonds. The molecular formula is C15H13Cl2FN2O. The highest BCUT2D eigenvalue weighted by atomic mass is 35.5. The Morgan fingerprint density at radius 3 is 2.43 bits per heavy atom. The minimum Gasteiger partial charge on any atom is -0.367 e. The van der Waals surface area contributed by atoms with Gasteiger partial charge in [0.25, 0.3) is 0 Å². The van der Waals surface area contributed by atoms with Gasteiger partial charge in [-0.05, 0) is 36.8 Å². The number of amides is 1. The fraction of sp³-hybridized carbons (Fsp3) is 0.133. The molecule has 1 unspecified atom stereocenters. The highest BCUT2D eigenvalue weighted by Crippen LogP contribution is 2.31. The largest absolute Gasteiger partial charge is 0.367 e. The quantitative estimate of drug-likeness (QED) is 0.893. The summed E-state index contributed by atoms with van der Waals surface area (Å²) in [7, 11) is 0. The molecule has 2 aromatic rings. The summed E-state index contributed by atoms with van der Waals surface area (Å²) in [5, 5.41) is 3.36. The van der Waals surface area contributed by atoms with E-state index >= 15 is 0 Å². The van der Waals surface area contributed by atoms with Crippen LogP contribution in [0, 0.1) is 5.82 Å². The van der Waals surface area contributed by atoms with Gasteiger partial charge in [-0.15, -0.1) is 0 Å². The first-order valence-corrected chi connectivity index (χ1v) is 6.88. The van der Waals surface area contributed by atoms with Gasteiger partial charge in [0, 0.05) is 0 Å². The smallest absolute Gasteiger partial charge is 0.247 e. The van der Waals surface area contributed by atoms with Crippen molar-refractivity contribution in [2.24, 2.45) is 5.73 Å². The zero-order valence-corrected chi connectivity index (χ0v) is 12.7. The number of carbonyl (C=O) groups excluding carboxylic acids is 1. The lowest BCUT2D eigenvalue weighted by molar-refractivity contribution is -0.122. The molecule has 6 heteroatoms. The number of nitrogens with two attached hydrogens (primary N) is 1. The highest BCUT2D eigenvalue weighted by molar-refractivity contribution is 6.33. The van der Waals surface area contributed by atoms with Crippen molar-refractivity contribution in [2.45, 2.75) is 12.5 Å². The number of carbonyl (C=O) groups is 1. The van der Waals surface area contributed by atoms with Gasteiger partial charge in [-0.25, -0.2) is 4.39 Å². The normalized spacial score (nSPS) is 13.5. The van der Waals surface area contributed by atoms with E-state index in [0.29, 0.717) is 16.3 Å². The molecule has 0 heterocycles. The van der Waals surface area contributed by atoms with Crippen LogP contribution in [0.15, 0.2) is 42.5 Å². The maximum atomic E-state index is 13.3. The van der Waals surface area contributed by atoms with E-state index in [1.54, 1.807) is 31.2 Å². The minimum absolute atomic E-state index is 0.0825. The number of halogens is 3. The maximum absolute atomic E-state index is 13.3. The molecule has 0 bridgehead atoms. The third-order valence-electron chi connectivity index (χ3n) is 3.25. The standard InChI is InChI=1S/C15H13Cl2FN2O/c1-15(14(19)21,9-6-7-12(18)11(17)8-9)20-13-5-3-2-4-10(13)16/h2-8,20H,1H3,(H2,19,21). The Bertz CT molecular complexity index is 693. The van der Waals surface area contributed by atoms with Crippen molar-refractivity contribution in [3.63, 3.8) is 0 Å². The summed E-state index contributed by atoms with van der Waals surface area (Å²) in [6, 6.07) is 10.9. The summed E-state index contributed by atoms with van der Waals surface area (Å²) in [5.74, 6) is -1.20. The van der Waals surface area contributed by atoms with Crippen LogP contribution in [0.1, 0.15) is 12.5 Å². The average Bonchev–Trinajstić information content (AvgIpc) is 2.44. The molecule has 110 valence electrons. The molecule has 0 fully saturated rings. The third-order valence-corrected chi connectivity index (χ3v) is 3.87. The molecule has 0 saturated carbocycles. The number of hydrogen-bond donors (Lipinski definition) is 2. The van der Waals surface area contributed by atoms with Gasteiger partial charge in [0.15, 0.2) is 0 Å². The molecule has 1 atom stereocenters. The predicted octanol–water partition coefficient (Wildman–Crippen LogP) is 3.95. The van der Waals surface area contributed by atoms with Crippen molar-refractivity contribution in [1.29, 1.82) is 0 Å². The van der Waals surface area contributed by atoms with Crippen molar-refractivity contribution in [3.8, 4) is 0 Å². The summed E-state index contributed by atoms with van der Waals surface area (Å²) in [6.45, 7) is 1.59. The van der Waals surface area contributed by atoms with Crippen molar-refractivity contribution in [2.75, 3.05) is 5.32 Å². The number of primary amides is 1. The second-order valence-electron chi connectivity index (χ2n) is 4.72. The summed E-state index contributed by atoms with van der Waals surface area (Å²) in [5.41, 5.74) is 5.22. The van der Waals surface area contributed by atoms with Gasteiger partial charge in [-0.3, -0.25) is 4.79 Å². The van der Waals surface area contributed by atoms with E-state index in [1.807, 2.05) is 0 Å². The van der Waals surface area contributed by atoms with Gasteiger partial charge in [-0.2, -0.15) is 0 Å². The molecule has 3 nitrogen and oxygen atoms in total. The van der Waals surface area contributed by atoms with Gasteiger partial charge in [0.1, 0.15) is 11.4 Å². The van der Waals surface area contributed by atoms with Crippen molar-refractivity contribution < 1.29 is 9.18 Å². The van der Waals surface area contributed by atoms with E-state index in [4.69, 9.17) is 28.9 Å². The second kappa shape index (κ2) is 5.92. The topological polar surface area (TPSA) is 55.1 Å². The Kier molecular flexibility index (Phi) is 4.40. The molecule has 0 aromatic heterocycles. The first-order chi connectivity index (χ1) is 9.84. The molecule has 0 aliphatic rings. The Morgan fingerprint density at radius 1 is 1.19 bits per heavy atom. The Hall–Kier alpha value is -1.78. The van der Waals surface area contributed by atoms with Crippen LogP contribution in [0.4, 0.5) is 10.1 Å². The van der Waals surface area contributed by atoms with Crippen molar-refractivity contribution in [1.82, 2.24) is 0 Å². The molecule has 0 radical (unpaired) electrons. The molecule has 2 aromatic carbocycles. The van der Waals surface area contributed by atoms with Crippen LogP contribution in [0.3, 0.4) is 0 Å². The van der Waals surface area contributed by atoms with Crippen molar-refractivity contribution in [3.05, 3.63) is 63.9 Å². The Morgan fingerprint density at radius 2 is 1.86 bits per heavy atom. The monoisotopic (exact) mass is 326 g/mol. The summed E-state index contributed by atoms with van der Waals surface area (Å²) >= 11 is 11.9. The lowest BCUT2D eigenvalue weighted by atomic mass is 9.90. The number of nitrogens with one attached hydrogen (secondary N) is 1. The summed E-state index contributed by atoms with van der Waals surface area (Å²) in [4.78, 5) is 11.9. The lowest BCUT2D eigenvalue weighted by Crippen LogP contribution is -2.45. The van der Waals surface area contributed by atoms with E-state index in [1.165, 1.54) is 18.2 Å². The molecular weight excluding hydrogens is 314 g/mol. The van der Waals surface area contributed by atoms with E-state index in [9.17, 15) is 9.18 Å². The third kappa shape index (κ3) is 3.12. The number of para-hydroxylation sites is 1. The first kappa shape index (κ1) is 15.6. The molecule has 0 aliphatic heterocycles. The van der Waals surface area contributed by atoms with Crippen LogP contribution in [-0.2, 0) is 10.3 Å². The van der Waals surface area contributed by atoms with Gasteiger partial charge in [0.2, 0.25) is 5.91 Å². The molecule has 3 N–H and O–H groups in total. The second-order valence-corrected chi connectivity index (χ2v) is 5.54. The van der Waals surface area contributed by atoms with E-state index in [0.717, 1.165) is 0 Å². The highest BCUT2D eigenvalue weighted by Gasteiger charge is 2.34. The van der Waals surface area contributed by atoms with Crippen LogP contribution in [0.25, 0.3) is 0 Å². The van der Waals surface area contributed by atoms with E-state index in [2.05, 4.69) is 5.32 Å². The van der Waals surface area contributed by atoms with Crippen LogP contribution in [0.2, 0.25) is 10.0 Å². The predicted molar refractivity (Wildman–Crippen MR) is 83.0 cm³/mol. The molecule has 2 rings (SSSR count). The fourth-order valence-corrected chi connectivity index (χ4v) is 2.28. The molecule has 0 saturated heterocycles. The van der Waals surface area contributed by atoms with Crippen LogP contribution in [-0.4, -0.2) is 5.91 Å². The van der Waals surface area contributed by atoms with Gasteiger partial charge < -0.3 is 11.1 Å². The molecule has 0 spiro atoms. The van der Waals surface area contributed by atoms with E-state index < -0.39 is 17.3 Å². The van der Waals surface area contributed by atoms with Crippen LogP contribution in [0.5, 0.6) is 0 Å². The number of benzene rings is 2. The number of rotatable bonds is 4. The molecule has 0 aliphatic carbocycles. The van der Waals surface area contributed by atoms with Gasteiger partial charge in [0.05, 0.1) is 15.7 Å². The number of anilines is 1. The summed E-state index contributed by atoms with van der Waals surface area (Å²) < 4.78 is 13.3. The summed E-state index contributed by atoms with van der Waals surface area (Å²) in [6.07, 6.45) is 0. The lowest BCUT2D eigenvalue weighted by Gasteiger charge is -2.29. The molecule has 21 heavy (non-hydrogen) atoms. The Labute approximate surface area is 131 Å². The SMILES string of the molecule is CC(Nc1ccccc1Cl)(C(N)=O)c1ccc(F)c(Cl)c1. The first-order valence-electron chi connectivity index (χ1n) is 6.13. The van der Waals surface area contributed by atoms with Gasteiger partial charge >= 0.3 is 0 Å². The number of hydrogen-bond acceptors (Lipinski definition) is 2. The van der Waals surface area contributed by atoms with Crippen LogP contribution < -0.4 is 11.1 Å². The van der Waals surface area contributed by atoms with Gasteiger partial charge in [-0.1, -0.05) is 41.4 Å². The maximum Gasteiger partial charge on any atom is 0.247 e. The average molecular weight is 327 g/mol. The Balaban J connectivity index is 2.48. The zero-order chi connectivity index (χ0) is 15.6. The zero-order valence-electron chi connectivity index (χ0n) is 11.2. The minimum atomic E-state index is -1.28. The van der Waals surface area contributed by atoms with E-state index in [-0.39, 0.29) is 5.02 Å². The van der Waals surface area contributed by atoms with Crippen molar-refractivity contribution >= 4 is 34.8 Å². The fourth-order valence-electron chi connectivity index (χ4n) is 1.92. The van der Waals surface area contributed by atoms with Crippen LogP contribution >= 0.6 is 23.2 Å².